The van der Waals surface area contributed by atoms with Crippen LogP contribution < -0.4 is 0 Å². The van der Waals surface area contributed by atoms with E-state index in [0.717, 1.165) is 0 Å². The minimum Gasteiger partial charge on any atom is -0.439 e. The molecule has 23 heteroatoms. The molecule has 0 aromatic rings. The van der Waals surface area contributed by atoms with Crippen LogP contribution in [0.15, 0.2) is 0 Å². The van der Waals surface area contributed by atoms with Crippen LogP contribution in [0.1, 0.15) is 0 Å². The van der Waals surface area contributed by atoms with Crippen LogP contribution in [0.3, 0.4) is 0 Å². The molecule has 254 valence electrons. The van der Waals surface area contributed by atoms with E-state index in [2.05, 4.69) is 52.4 Å². The van der Waals surface area contributed by atoms with Crippen molar-refractivity contribution in [2.75, 3.05) is 21.3 Å². The van der Waals surface area contributed by atoms with Gasteiger partial charge in [-0.15, -0.1) is 0 Å². The molecule has 0 spiro atoms. The molecule has 0 fully saturated rings. The molecule has 8 atom stereocenters. The second-order valence-electron chi connectivity index (χ2n) is 12.3. The van der Waals surface area contributed by atoms with Gasteiger partial charge in [-0.2, -0.15) is 0 Å². The Bertz CT molecular complexity index is 726. The summed E-state index contributed by atoms with van der Waals surface area (Å²) in [6.45, 7) is 29.5. The van der Waals surface area contributed by atoms with Crippen LogP contribution in [0.4, 0.5) is 0 Å². The zero-order valence-corrected chi connectivity index (χ0v) is 41.4. The topological polar surface area (TPSA) is 111 Å². The van der Waals surface area contributed by atoms with Gasteiger partial charge in [-0.25, -0.2) is 0 Å². The molecular weight excluding hydrogens is 729 g/mol. The smallest absolute Gasteiger partial charge is 0.439 e. The van der Waals surface area contributed by atoms with Crippen LogP contribution >= 0.6 is 0 Å². The molecule has 0 radical (unpaired) electrons. The Hall–Kier alpha value is 1.91. The van der Waals surface area contributed by atoms with Crippen LogP contribution in [-0.4, -0.2) is 120 Å². The summed E-state index contributed by atoms with van der Waals surface area (Å²) in [6.07, 6.45) is 0. The lowest BCUT2D eigenvalue weighted by Crippen LogP contribution is -2.53. The first-order chi connectivity index (χ1) is 19.1. The third-order valence-corrected chi connectivity index (χ3v) is 40.0. The van der Waals surface area contributed by atoms with Crippen molar-refractivity contribution >= 4 is 99.0 Å². The van der Waals surface area contributed by atoms with E-state index in [4.69, 9.17) is 50.3 Å². The fraction of sp³-hybridized carbons (Fsp3) is 1.00. The Morgan fingerprint density at radius 3 is 1.00 bits per heavy atom. The standard InChI is InChI=1S/C19H62O12Si11/c1-20-42(21-2,22-3)19-18-41(17,31-40(14,15)16)30-38(10)28-36(8)26-34(6)24-32(4)23-33(5)25-35(7)27-37(9)29-39(11,12)13/h32-38H,18-19H2,1-17H3. The summed E-state index contributed by atoms with van der Waals surface area (Å²) in [4.78, 5) is 0. The van der Waals surface area contributed by atoms with Crippen molar-refractivity contribution in [3.05, 3.63) is 0 Å². The second kappa shape index (κ2) is 20.3. The van der Waals surface area contributed by atoms with Crippen LogP contribution in [0.5, 0.6) is 0 Å². The molecule has 8 unspecified atom stereocenters. The highest BCUT2D eigenvalue weighted by molar-refractivity contribution is 6.85. The summed E-state index contributed by atoms with van der Waals surface area (Å²) in [5.74, 6) is 0. The van der Waals surface area contributed by atoms with Crippen molar-refractivity contribution in [1.82, 2.24) is 0 Å². The molecule has 0 aliphatic heterocycles. The molecule has 0 rings (SSSR count). The molecule has 0 saturated heterocycles. The first kappa shape index (κ1) is 43.9. The zero-order valence-electron chi connectivity index (χ0n) is 29.4. The SMILES string of the molecule is CO[Si](CC[Si](C)(O[SiH](C)O[SiH](C)O[SiH](C)O[SiH](C)O[SiH](C)O[SiH](C)O[SiH](C)O[Si](C)(C)C)O[Si](C)(C)C)(OC)OC. The van der Waals surface area contributed by atoms with Crippen molar-refractivity contribution < 1.29 is 50.3 Å². The van der Waals surface area contributed by atoms with Gasteiger partial charge in [0.05, 0.1) is 0 Å². The van der Waals surface area contributed by atoms with Crippen LogP contribution in [0.25, 0.3) is 0 Å². The molecule has 0 bridgehead atoms. The zero-order chi connectivity index (χ0) is 32.9. The molecule has 0 aromatic carbocycles. The summed E-state index contributed by atoms with van der Waals surface area (Å²) in [6, 6.07) is 1.33. The van der Waals surface area contributed by atoms with Gasteiger partial charge in [0, 0.05) is 27.4 Å². The molecule has 0 heterocycles. The van der Waals surface area contributed by atoms with Gasteiger partial charge in [0.25, 0.3) is 65.0 Å². The lowest BCUT2D eigenvalue weighted by Gasteiger charge is -2.37. The van der Waals surface area contributed by atoms with Crippen molar-refractivity contribution in [2.45, 2.75) is 104 Å². The van der Waals surface area contributed by atoms with Crippen LogP contribution in [-0.2, 0) is 50.3 Å². The molecule has 0 saturated carbocycles. The first-order valence-electron chi connectivity index (χ1n) is 14.7. The summed E-state index contributed by atoms with van der Waals surface area (Å²) in [5, 5.41) is 0. The van der Waals surface area contributed by atoms with Crippen LogP contribution in [0.2, 0.25) is 104 Å². The van der Waals surface area contributed by atoms with E-state index >= 15 is 0 Å². The van der Waals surface area contributed by atoms with E-state index in [1.165, 1.54) is 0 Å². The first-order valence-corrected chi connectivity index (χ1v) is 40.7. The third kappa shape index (κ3) is 20.9. The van der Waals surface area contributed by atoms with E-state index in [1.807, 2.05) is 39.3 Å². The Balaban J connectivity index is 4.84. The van der Waals surface area contributed by atoms with Gasteiger partial charge in [-0.3, -0.25) is 0 Å². The maximum Gasteiger partial charge on any atom is 0.500 e. The number of hydrogen-bond acceptors (Lipinski definition) is 12. The molecule has 0 aliphatic carbocycles. The number of rotatable bonds is 24. The van der Waals surface area contributed by atoms with Gasteiger partial charge >= 0.3 is 17.4 Å². The number of hydrogen-bond donors (Lipinski definition) is 0. The van der Waals surface area contributed by atoms with Gasteiger partial charge in [0.1, 0.15) is 0 Å². The minimum absolute atomic E-state index is 0.626. The fourth-order valence-electron chi connectivity index (χ4n) is 4.40. The molecule has 0 N–H and O–H groups in total. The molecular formula is C19H62O12Si11. The highest BCUT2D eigenvalue weighted by atomic mass is 28.5. The van der Waals surface area contributed by atoms with E-state index in [9.17, 15) is 0 Å². The Morgan fingerprint density at radius 1 is 0.405 bits per heavy atom. The quantitative estimate of drug-likeness (QED) is 0.134. The van der Waals surface area contributed by atoms with Crippen molar-refractivity contribution in [2.24, 2.45) is 0 Å². The average Bonchev–Trinajstić information content (AvgIpc) is 2.76. The predicted molar refractivity (Wildman–Crippen MR) is 196 cm³/mol. The van der Waals surface area contributed by atoms with Gasteiger partial charge in [-0.05, 0) is 97.7 Å². The highest BCUT2D eigenvalue weighted by Gasteiger charge is 2.45. The largest absolute Gasteiger partial charge is 0.500 e. The summed E-state index contributed by atoms with van der Waals surface area (Å²) in [5.41, 5.74) is 0. The summed E-state index contributed by atoms with van der Waals surface area (Å²) >= 11 is 0. The summed E-state index contributed by atoms with van der Waals surface area (Å²) < 4.78 is 73.5. The molecule has 0 aliphatic rings. The third-order valence-electron chi connectivity index (χ3n) is 5.57. The van der Waals surface area contributed by atoms with Gasteiger partial charge in [0.15, 0.2) is 16.6 Å². The lowest BCUT2D eigenvalue weighted by molar-refractivity contribution is 0.124. The average molecular weight is 792 g/mol. The fourth-order valence-corrected chi connectivity index (χ4v) is 40.6. The van der Waals surface area contributed by atoms with E-state index in [-0.39, 0.29) is 0 Å². The van der Waals surface area contributed by atoms with E-state index < -0.39 is 99.0 Å². The van der Waals surface area contributed by atoms with Crippen molar-refractivity contribution in [1.29, 1.82) is 0 Å². The maximum absolute atomic E-state index is 6.64. The van der Waals surface area contributed by atoms with Gasteiger partial charge in [-0.1, -0.05) is 0 Å². The minimum atomic E-state index is -2.74. The van der Waals surface area contributed by atoms with Crippen molar-refractivity contribution in [3.63, 3.8) is 0 Å². The van der Waals surface area contributed by atoms with Gasteiger partial charge < -0.3 is 50.3 Å². The predicted octanol–water partition coefficient (Wildman–Crippen LogP) is 2.71. The summed E-state index contributed by atoms with van der Waals surface area (Å²) in [7, 11) is -17.1. The monoisotopic (exact) mass is 790 g/mol. The van der Waals surface area contributed by atoms with E-state index in [1.54, 1.807) is 21.3 Å². The molecule has 0 amide bonds. The Morgan fingerprint density at radius 2 is 0.714 bits per heavy atom. The van der Waals surface area contributed by atoms with E-state index in [0.29, 0.717) is 12.1 Å². The second-order valence-corrected chi connectivity index (χ2v) is 43.8. The molecule has 12 nitrogen and oxygen atoms in total. The highest BCUT2D eigenvalue weighted by Crippen LogP contribution is 2.27. The maximum atomic E-state index is 6.64. The Labute approximate surface area is 273 Å². The Kier molecular flexibility index (Phi) is 21.2. The van der Waals surface area contributed by atoms with Gasteiger partial charge in [0.2, 0.25) is 0 Å². The normalized spacial score (nSPS) is 19.9. The van der Waals surface area contributed by atoms with Crippen LogP contribution in [0, 0.1) is 0 Å². The lowest BCUT2D eigenvalue weighted by atomic mass is 10.9. The molecule has 42 heavy (non-hydrogen) atoms. The molecule has 0 aromatic heterocycles. The van der Waals surface area contributed by atoms with Crippen molar-refractivity contribution in [3.8, 4) is 0 Å².